The number of nitrogens with zero attached hydrogens (tertiary/aromatic N) is 4. The topological polar surface area (TPSA) is 44.9 Å². The number of fused-ring (bicyclic) bond motifs is 2. The van der Waals surface area contributed by atoms with Gasteiger partial charge in [-0.15, -0.1) is 0 Å². The van der Waals surface area contributed by atoms with Gasteiger partial charge in [0.2, 0.25) is 0 Å². The Morgan fingerprint density at radius 3 is 1.71 bits per heavy atom. The number of benzene rings is 3. The van der Waals surface area contributed by atoms with Crippen molar-refractivity contribution in [2.45, 2.75) is 13.1 Å². The lowest BCUT2D eigenvalue weighted by Gasteiger charge is -2.11. The average Bonchev–Trinajstić information content (AvgIpc) is 3.33. The van der Waals surface area contributed by atoms with Gasteiger partial charge in [0.05, 0.1) is 41.8 Å². The molecular weight excluding hydrogens is 348 g/mol. The molecule has 0 aliphatic carbocycles. The molecule has 5 aromatic rings. The van der Waals surface area contributed by atoms with E-state index in [0.29, 0.717) is 0 Å². The Morgan fingerprint density at radius 2 is 1.21 bits per heavy atom. The van der Waals surface area contributed by atoms with Crippen molar-refractivity contribution >= 4 is 22.1 Å². The first-order valence-electron chi connectivity index (χ1n) is 9.27. The van der Waals surface area contributed by atoms with Gasteiger partial charge >= 0.3 is 0 Å². The highest BCUT2D eigenvalue weighted by atomic mass is 16.5. The normalized spacial score (nSPS) is 11.3. The number of methoxy groups -OCH3 is 1. The zero-order valence-corrected chi connectivity index (χ0v) is 15.6. The van der Waals surface area contributed by atoms with E-state index in [-0.39, 0.29) is 0 Å². The van der Waals surface area contributed by atoms with Crippen LogP contribution in [0.25, 0.3) is 22.1 Å². The first kappa shape index (κ1) is 16.6. The van der Waals surface area contributed by atoms with Crippen LogP contribution in [0, 0.1) is 0 Å². The van der Waals surface area contributed by atoms with Gasteiger partial charge in [-0.25, -0.2) is 9.97 Å². The Kier molecular flexibility index (Phi) is 4.05. The summed E-state index contributed by atoms with van der Waals surface area (Å²) in [5.41, 5.74) is 6.65. The highest BCUT2D eigenvalue weighted by Crippen LogP contribution is 2.22. The van der Waals surface area contributed by atoms with Gasteiger partial charge in [-0.2, -0.15) is 0 Å². The second kappa shape index (κ2) is 6.85. The minimum Gasteiger partial charge on any atom is -0.497 e. The molecule has 0 saturated carbocycles. The molecule has 0 spiro atoms. The summed E-state index contributed by atoms with van der Waals surface area (Å²) < 4.78 is 9.89. The van der Waals surface area contributed by atoms with Crippen LogP contribution in [0.15, 0.2) is 79.4 Å². The van der Waals surface area contributed by atoms with Gasteiger partial charge in [0.1, 0.15) is 5.75 Å². The summed E-state index contributed by atoms with van der Waals surface area (Å²) in [6.07, 6.45) is 3.79. The Morgan fingerprint density at radius 1 is 0.714 bits per heavy atom. The third-order valence-electron chi connectivity index (χ3n) is 5.02. The summed E-state index contributed by atoms with van der Waals surface area (Å²) in [6.45, 7) is 1.49. The van der Waals surface area contributed by atoms with Crippen molar-refractivity contribution < 1.29 is 4.74 Å². The zero-order valence-electron chi connectivity index (χ0n) is 15.6. The van der Waals surface area contributed by atoms with E-state index in [0.717, 1.165) is 40.9 Å². The minimum atomic E-state index is 0.745. The number of para-hydroxylation sites is 4. The predicted molar refractivity (Wildman–Crippen MR) is 111 cm³/mol. The number of aromatic nitrogens is 4. The van der Waals surface area contributed by atoms with Crippen LogP contribution in [-0.4, -0.2) is 26.2 Å². The van der Waals surface area contributed by atoms with E-state index in [2.05, 4.69) is 49.4 Å². The molecule has 0 bridgehead atoms. The highest BCUT2D eigenvalue weighted by Gasteiger charge is 2.08. The molecule has 2 heterocycles. The first-order valence-corrected chi connectivity index (χ1v) is 9.27. The third kappa shape index (κ3) is 3.01. The van der Waals surface area contributed by atoms with Crippen molar-refractivity contribution in [3.8, 4) is 5.75 Å². The van der Waals surface area contributed by atoms with Crippen molar-refractivity contribution in [3.63, 3.8) is 0 Å². The summed E-state index contributed by atoms with van der Waals surface area (Å²) in [4.78, 5) is 8.99. The molecule has 5 heteroatoms. The first-order chi connectivity index (χ1) is 13.8. The van der Waals surface area contributed by atoms with Gasteiger partial charge in [-0.05, 0) is 47.5 Å². The number of rotatable bonds is 5. The smallest absolute Gasteiger partial charge is 0.119 e. The van der Waals surface area contributed by atoms with Gasteiger partial charge in [0.25, 0.3) is 0 Å². The molecule has 0 radical (unpaired) electrons. The SMILES string of the molecule is COc1cc(Cn2cnc3ccccc32)cc(Cn2cnc3ccccc32)c1. The summed E-state index contributed by atoms with van der Waals surface area (Å²) >= 11 is 0. The van der Waals surface area contributed by atoms with Crippen molar-refractivity contribution in [1.29, 1.82) is 0 Å². The summed E-state index contributed by atoms with van der Waals surface area (Å²) in [6, 6.07) is 22.8. The Balaban J connectivity index is 1.49. The van der Waals surface area contributed by atoms with E-state index >= 15 is 0 Å². The number of ether oxygens (including phenoxy) is 1. The Bertz CT molecular complexity index is 1170. The molecule has 138 valence electrons. The summed E-state index contributed by atoms with van der Waals surface area (Å²) in [7, 11) is 1.71. The fourth-order valence-corrected chi connectivity index (χ4v) is 3.69. The van der Waals surface area contributed by atoms with Gasteiger partial charge < -0.3 is 13.9 Å². The van der Waals surface area contributed by atoms with Crippen LogP contribution in [0.1, 0.15) is 11.1 Å². The van der Waals surface area contributed by atoms with Crippen molar-refractivity contribution in [3.05, 3.63) is 90.5 Å². The number of hydrogen-bond acceptors (Lipinski definition) is 3. The van der Waals surface area contributed by atoms with Gasteiger partial charge in [0.15, 0.2) is 0 Å². The molecule has 2 aromatic heterocycles. The van der Waals surface area contributed by atoms with Crippen LogP contribution < -0.4 is 4.74 Å². The van der Waals surface area contributed by atoms with Crippen molar-refractivity contribution in [2.75, 3.05) is 7.11 Å². The molecule has 0 atom stereocenters. The lowest BCUT2D eigenvalue weighted by atomic mass is 10.1. The van der Waals surface area contributed by atoms with Crippen LogP contribution in [0.4, 0.5) is 0 Å². The predicted octanol–water partition coefficient (Wildman–Crippen LogP) is 4.49. The molecule has 5 nitrogen and oxygen atoms in total. The zero-order chi connectivity index (χ0) is 18.9. The number of imidazole rings is 2. The molecule has 0 unspecified atom stereocenters. The third-order valence-corrected chi connectivity index (χ3v) is 5.02. The van der Waals surface area contributed by atoms with E-state index in [4.69, 9.17) is 4.74 Å². The second-order valence-electron chi connectivity index (χ2n) is 6.91. The van der Waals surface area contributed by atoms with E-state index in [1.165, 1.54) is 11.1 Å². The van der Waals surface area contributed by atoms with Crippen LogP contribution in [0.2, 0.25) is 0 Å². The van der Waals surface area contributed by atoms with Crippen LogP contribution >= 0.6 is 0 Å². The molecule has 0 aliphatic heterocycles. The minimum absolute atomic E-state index is 0.745. The highest BCUT2D eigenvalue weighted by molar-refractivity contribution is 5.75. The maximum Gasteiger partial charge on any atom is 0.119 e. The second-order valence-corrected chi connectivity index (χ2v) is 6.91. The maximum absolute atomic E-state index is 5.56. The number of hydrogen-bond donors (Lipinski definition) is 0. The molecule has 0 N–H and O–H groups in total. The molecule has 3 aromatic carbocycles. The molecular formula is C23H20N4O. The van der Waals surface area contributed by atoms with Gasteiger partial charge in [-0.3, -0.25) is 0 Å². The quantitative estimate of drug-likeness (QED) is 0.459. The fourth-order valence-electron chi connectivity index (χ4n) is 3.69. The average molecular weight is 368 g/mol. The molecule has 5 rings (SSSR count). The van der Waals surface area contributed by atoms with Crippen LogP contribution in [-0.2, 0) is 13.1 Å². The van der Waals surface area contributed by atoms with E-state index in [9.17, 15) is 0 Å². The fraction of sp³-hybridized carbons (Fsp3) is 0.130. The lowest BCUT2D eigenvalue weighted by molar-refractivity contribution is 0.413. The van der Waals surface area contributed by atoms with E-state index < -0.39 is 0 Å². The summed E-state index contributed by atoms with van der Waals surface area (Å²) in [5.74, 6) is 0.862. The molecule has 28 heavy (non-hydrogen) atoms. The maximum atomic E-state index is 5.56. The van der Waals surface area contributed by atoms with E-state index in [1.54, 1.807) is 7.11 Å². The summed E-state index contributed by atoms with van der Waals surface area (Å²) in [5, 5.41) is 0. The lowest BCUT2D eigenvalue weighted by Crippen LogP contribution is -2.03. The van der Waals surface area contributed by atoms with Crippen LogP contribution in [0.5, 0.6) is 5.75 Å². The van der Waals surface area contributed by atoms with Gasteiger partial charge in [0, 0.05) is 13.1 Å². The molecule has 0 fully saturated rings. The Hall–Kier alpha value is -3.60. The van der Waals surface area contributed by atoms with Crippen molar-refractivity contribution in [2.24, 2.45) is 0 Å². The molecule has 0 amide bonds. The van der Waals surface area contributed by atoms with Gasteiger partial charge in [-0.1, -0.05) is 30.3 Å². The van der Waals surface area contributed by atoms with E-state index in [1.807, 2.05) is 49.1 Å². The standard InChI is InChI=1S/C23H20N4O/c1-28-19-11-17(13-26-15-24-20-6-2-4-8-22(20)26)10-18(12-19)14-27-16-25-21-7-3-5-9-23(21)27/h2-12,15-16H,13-14H2,1H3. The largest absolute Gasteiger partial charge is 0.497 e. The molecule has 0 aliphatic rings. The van der Waals surface area contributed by atoms with Crippen LogP contribution in [0.3, 0.4) is 0 Å². The van der Waals surface area contributed by atoms with Crippen molar-refractivity contribution in [1.82, 2.24) is 19.1 Å². The monoisotopic (exact) mass is 368 g/mol. The Labute approximate surface area is 162 Å². The molecule has 0 saturated heterocycles.